The first-order chi connectivity index (χ1) is 7.58. The molecule has 1 aromatic carbocycles. The number of carboxylic acid groups (broad SMARTS) is 1. The molecule has 1 aromatic heterocycles. The molecule has 6 heteroatoms. The van der Waals surface area contributed by atoms with Gasteiger partial charge in [0.15, 0.2) is 0 Å². The predicted molar refractivity (Wildman–Crippen MR) is 55.4 cm³/mol. The maximum atomic E-state index is 12.9. The van der Waals surface area contributed by atoms with Gasteiger partial charge in [0, 0.05) is 11.6 Å². The second-order valence-corrected chi connectivity index (χ2v) is 3.20. The smallest absolute Gasteiger partial charge is 0.336 e. The lowest BCUT2D eigenvalue weighted by molar-refractivity contribution is 0.0697. The van der Waals surface area contributed by atoms with E-state index in [1.165, 1.54) is 18.2 Å². The van der Waals surface area contributed by atoms with Gasteiger partial charge in [-0.1, -0.05) is 0 Å². The quantitative estimate of drug-likeness (QED) is 0.716. The Kier molecular flexibility index (Phi) is 2.32. The molecule has 0 aliphatic carbocycles. The minimum absolute atomic E-state index is 0.136. The van der Waals surface area contributed by atoms with Crippen LogP contribution in [0.5, 0.6) is 0 Å². The molecule has 82 valence electrons. The van der Waals surface area contributed by atoms with E-state index in [2.05, 4.69) is 10.2 Å². The number of carboxylic acids is 1. The number of carbonyl (C=O) groups is 1. The minimum Gasteiger partial charge on any atom is -0.478 e. The van der Waals surface area contributed by atoms with Crippen molar-refractivity contribution in [2.45, 2.75) is 0 Å². The van der Waals surface area contributed by atoms with E-state index >= 15 is 0 Å². The zero-order chi connectivity index (χ0) is 11.7. The van der Waals surface area contributed by atoms with E-state index in [1.807, 2.05) is 0 Å². The normalized spacial score (nSPS) is 10.3. The molecule has 0 amide bonds. The molecule has 0 aliphatic heterocycles. The van der Waals surface area contributed by atoms with Gasteiger partial charge in [0.25, 0.3) is 0 Å². The number of rotatable bonds is 2. The number of benzene rings is 1. The summed E-state index contributed by atoms with van der Waals surface area (Å²) in [7, 11) is 0. The highest BCUT2D eigenvalue weighted by Crippen LogP contribution is 2.23. The molecule has 16 heavy (non-hydrogen) atoms. The molecular weight excluding hydrogens is 213 g/mol. The van der Waals surface area contributed by atoms with Crippen LogP contribution in [0.15, 0.2) is 24.3 Å². The summed E-state index contributed by atoms with van der Waals surface area (Å²) in [5.74, 6) is -1.56. The van der Waals surface area contributed by atoms with Gasteiger partial charge in [0.2, 0.25) is 0 Å². The third-order valence-corrected chi connectivity index (χ3v) is 2.10. The second-order valence-electron chi connectivity index (χ2n) is 3.20. The predicted octanol–water partition coefficient (Wildman–Crippen LogP) is 1.50. The fourth-order valence-electron chi connectivity index (χ4n) is 1.40. The van der Waals surface area contributed by atoms with Crippen LogP contribution in [0.1, 0.15) is 10.4 Å². The average molecular weight is 221 g/mol. The molecule has 0 atom stereocenters. The summed E-state index contributed by atoms with van der Waals surface area (Å²) in [6, 6.07) is 4.99. The van der Waals surface area contributed by atoms with Crippen LogP contribution < -0.4 is 5.73 Å². The summed E-state index contributed by atoms with van der Waals surface area (Å²) < 4.78 is 12.9. The zero-order valence-electron chi connectivity index (χ0n) is 8.07. The van der Waals surface area contributed by atoms with Crippen molar-refractivity contribution in [2.75, 3.05) is 5.73 Å². The fraction of sp³-hybridized carbons (Fsp3) is 0. The Balaban J connectivity index is 2.60. The molecule has 0 unspecified atom stereocenters. The Bertz CT molecular complexity index is 551. The van der Waals surface area contributed by atoms with Gasteiger partial charge in [-0.3, -0.25) is 5.10 Å². The summed E-state index contributed by atoms with van der Waals surface area (Å²) in [6.45, 7) is 0. The fourth-order valence-corrected chi connectivity index (χ4v) is 1.40. The van der Waals surface area contributed by atoms with E-state index < -0.39 is 11.8 Å². The van der Waals surface area contributed by atoms with Crippen LogP contribution in [0.2, 0.25) is 0 Å². The lowest BCUT2D eigenvalue weighted by Gasteiger charge is -2.03. The maximum absolute atomic E-state index is 12.9. The number of aromatic carboxylic acids is 1. The van der Waals surface area contributed by atoms with E-state index in [1.54, 1.807) is 0 Å². The summed E-state index contributed by atoms with van der Waals surface area (Å²) in [5.41, 5.74) is 6.06. The molecular formula is C10H8FN3O2. The van der Waals surface area contributed by atoms with E-state index in [4.69, 9.17) is 10.8 Å². The van der Waals surface area contributed by atoms with E-state index in [9.17, 15) is 9.18 Å². The highest BCUT2D eigenvalue weighted by Gasteiger charge is 2.14. The van der Waals surface area contributed by atoms with Crippen LogP contribution in [0.4, 0.5) is 10.2 Å². The molecule has 4 N–H and O–H groups in total. The number of hydrogen-bond acceptors (Lipinski definition) is 3. The molecule has 0 saturated carbocycles. The highest BCUT2D eigenvalue weighted by molar-refractivity contribution is 5.95. The average Bonchev–Trinajstić information content (AvgIpc) is 2.64. The lowest BCUT2D eigenvalue weighted by atomic mass is 10.0. The number of hydrogen-bond donors (Lipinski definition) is 3. The van der Waals surface area contributed by atoms with E-state index in [0.717, 1.165) is 6.07 Å². The van der Waals surface area contributed by atoms with Gasteiger partial charge in [0.05, 0.1) is 11.3 Å². The van der Waals surface area contributed by atoms with Crippen LogP contribution >= 0.6 is 0 Å². The summed E-state index contributed by atoms with van der Waals surface area (Å²) in [6.07, 6.45) is 0. The topological polar surface area (TPSA) is 92.0 Å². The first kappa shape index (κ1) is 10.2. The summed E-state index contributed by atoms with van der Waals surface area (Å²) in [4.78, 5) is 10.9. The Morgan fingerprint density at radius 1 is 1.44 bits per heavy atom. The molecule has 0 bridgehead atoms. The third-order valence-electron chi connectivity index (χ3n) is 2.10. The number of nitrogen functional groups attached to an aromatic ring is 1. The standard InChI is InChI=1S/C10H8FN3O2/c11-5-1-2-6(7(3-5)10(15)16)8-4-9(12)14-13-8/h1-4H,(H,15,16)(H3,12,13,14). The molecule has 2 rings (SSSR count). The monoisotopic (exact) mass is 221 g/mol. The van der Waals surface area contributed by atoms with Crippen LogP contribution in [-0.2, 0) is 0 Å². The molecule has 5 nitrogen and oxygen atoms in total. The number of nitrogens with zero attached hydrogens (tertiary/aromatic N) is 1. The second kappa shape index (κ2) is 3.65. The van der Waals surface area contributed by atoms with Crippen molar-refractivity contribution < 1.29 is 14.3 Å². The molecule has 0 fully saturated rings. The van der Waals surface area contributed by atoms with Crippen molar-refractivity contribution in [3.05, 3.63) is 35.6 Å². The van der Waals surface area contributed by atoms with Gasteiger partial charge < -0.3 is 10.8 Å². The first-order valence-electron chi connectivity index (χ1n) is 4.42. The van der Waals surface area contributed by atoms with Crippen LogP contribution in [-0.4, -0.2) is 21.3 Å². The number of H-pyrrole nitrogens is 1. The summed E-state index contributed by atoms with van der Waals surface area (Å²) in [5, 5.41) is 15.2. The number of aromatic amines is 1. The van der Waals surface area contributed by atoms with Crippen molar-refractivity contribution in [3.8, 4) is 11.3 Å². The lowest BCUT2D eigenvalue weighted by Crippen LogP contribution is -2.00. The highest BCUT2D eigenvalue weighted by atomic mass is 19.1. The van der Waals surface area contributed by atoms with Gasteiger partial charge in [-0.2, -0.15) is 5.10 Å². The maximum Gasteiger partial charge on any atom is 0.336 e. The SMILES string of the molecule is Nc1cc(-c2ccc(F)cc2C(=O)O)[nH]n1. The first-order valence-corrected chi connectivity index (χ1v) is 4.42. The van der Waals surface area contributed by atoms with Gasteiger partial charge in [-0.05, 0) is 18.2 Å². The number of nitrogens with one attached hydrogen (secondary N) is 1. The largest absolute Gasteiger partial charge is 0.478 e. The Hall–Kier alpha value is -2.37. The van der Waals surface area contributed by atoms with Gasteiger partial charge in [0.1, 0.15) is 11.6 Å². The van der Waals surface area contributed by atoms with E-state index in [-0.39, 0.29) is 11.4 Å². The van der Waals surface area contributed by atoms with Crippen LogP contribution in [0, 0.1) is 5.82 Å². The van der Waals surface area contributed by atoms with Crippen LogP contribution in [0.25, 0.3) is 11.3 Å². The van der Waals surface area contributed by atoms with Crippen molar-refractivity contribution >= 4 is 11.8 Å². The molecule has 0 spiro atoms. The molecule has 1 heterocycles. The number of halogens is 1. The third kappa shape index (κ3) is 1.72. The van der Waals surface area contributed by atoms with Crippen molar-refractivity contribution in [1.82, 2.24) is 10.2 Å². The number of anilines is 1. The van der Waals surface area contributed by atoms with Crippen LogP contribution in [0.3, 0.4) is 0 Å². The Morgan fingerprint density at radius 2 is 2.19 bits per heavy atom. The number of nitrogens with two attached hydrogens (primary N) is 1. The Morgan fingerprint density at radius 3 is 2.75 bits per heavy atom. The molecule has 0 aliphatic rings. The zero-order valence-corrected chi connectivity index (χ0v) is 8.07. The van der Waals surface area contributed by atoms with Crippen molar-refractivity contribution in [2.24, 2.45) is 0 Å². The van der Waals surface area contributed by atoms with Gasteiger partial charge in [-0.25, -0.2) is 9.18 Å². The summed E-state index contributed by atoms with van der Waals surface area (Å²) >= 11 is 0. The Labute approximate surface area is 89.7 Å². The van der Waals surface area contributed by atoms with Gasteiger partial charge >= 0.3 is 5.97 Å². The van der Waals surface area contributed by atoms with E-state index in [0.29, 0.717) is 11.3 Å². The molecule has 0 radical (unpaired) electrons. The van der Waals surface area contributed by atoms with Gasteiger partial charge in [-0.15, -0.1) is 0 Å². The number of aromatic nitrogens is 2. The molecule has 2 aromatic rings. The molecule has 0 saturated heterocycles. The van der Waals surface area contributed by atoms with Crippen molar-refractivity contribution in [3.63, 3.8) is 0 Å². The van der Waals surface area contributed by atoms with Crippen molar-refractivity contribution in [1.29, 1.82) is 0 Å². The minimum atomic E-state index is -1.21.